The highest BCUT2D eigenvalue weighted by atomic mass is 16.3. The topological polar surface area (TPSA) is 49.3 Å². The average Bonchev–Trinajstić information content (AvgIpc) is 2.56. The lowest BCUT2D eigenvalue weighted by atomic mass is 9.94. The van der Waals surface area contributed by atoms with Gasteiger partial charge in [0, 0.05) is 11.8 Å². The fraction of sp³-hybridized carbons (Fsp3) is 0.500. The van der Waals surface area contributed by atoms with Gasteiger partial charge in [-0.25, -0.2) is 0 Å². The second-order valence-electron chi connectivity index (χ2n) is 5.66. The Labute approximate surface area is 102 Å². The molecule has 2 N–H and O–H groups in total. The third kappa shape index (κ3) is 2.34. The minimum atomic E-state index is -0.462. The third-order valence-corrected chi connectivity index (χ3v) is 3.18. The fourth-order valence-electron chi connectivity index (χ4n) is 2.12. The Hall–Kier alpha value is -1.35. The highest BCUT2D eigenvalue weighted by molar-refractivity contribution is 5.81. The number of carbonyl (C=O) groups excluding carboxylic acids is 1. The zero-order valence-corrected chi connectivity index (χ0v) is 10.5. The largest absolute Gasteiger partial charge is 0.388 e. The molecule has 1 aliphatic carbocycles. The van der Waals surface area contributed by atoms with Crippen molar-refractivity contribution in [1.29, 1.82) is 0 Å². The summed E-state index contributed by atoms with van der Waals surface area (Å²) in [6.45, 7) is 5.67. The first-order valence-corrected chi connectivity index (χ1v) is 5.97. The van der Waals surface area contributed by atoms with Crippen molar-refractivity contribution < 1.29 is 9.90 Å². The van der Waals surface area contributed by atoms with E-state index in [1.807, 2.05) is 45.0 Å². The van der Waals surface area contributed by atoms with Crippen LogP contribution in [0.15, 0.2) is 24.3 Å². The highest BCUT2D eigenvalue weighted by Gasteiger charge is 2.32. The summed E-state index contributed by atoms with van der Waals surface area (Å²) in [5.41, 5.74) is 1.58. The van der Waals surface area contributed by atoms with Gasteiger partial charge in [-0.1, -0.05) is 45.0 Å². The maximum absolute atomic E-state index is 11.9. The molecule has 92 valence electrons. The van der Waals surface area contributed by atoms with Crippen LogP contribution in [-0.4, -0.2) is 11.0 Å². The second-order valence-corrected chi connectivity index (χ2v) is 5.66. The van der Waals surface area contributed by atoms with Crippen LogP contribution in [0, 0.1) is 5.41 Å². The molecule has 0 spiro atoms. The Morgan fingerprint density at radius 1 is 1.29 bits per heavy atom. The molecule has 0 fully saturated rings. The summed E-state index contributed by atoms with van der Waals surface area (Å²) >= 11 is 0. The Morgan fingerprint density at radius 3 is 2.47 bits per heavy atom. The van der Waals surface area contributed by atoms with Gasteiger partial charge in [0.15, 0.2) is 0 Å². The van der Waals surface area contributed by atoms with Crippen LogP contribution in [0.3, 0.4) is 0 Å². The molecule has 1 aliphatic rings. The molecule has 3 nitrogen and oxygen atoms in total. The lowest BCUT2D eigenvalue weighted by molar-refractivity contribution is -0.129. The predicted octanol–water partition coefficient (Wildman–Crippen LogP) is 2.33. The van der Waals surface area contributed by atoms with Crippen LogP contribution in [0.2, 0.25) is 0 Å². The quantitative estimate of drug-likeness (QED) is 0.782. The van der Waals surface area contributed by atoms with E-state index in [4.69, 9.17) is 0 Å². The molecule has 2 rings (SSSR count). The van der Waals surface area contributed by atoms with Crippen molar-refractivity contribution in [1.82, 2.24) is 5.32 Å². The Bertz CT molecular complexity index is 434. The summed E-state index contributed by atoms with van der Waals surface area (Å²) < 4.78 is 0. The molecule has 1 unspecified atom stereocenters. The molecule has 0 aliphatic heterocycles. The van der Waals surface area contributed by atoms with Crippen LogP contribution in [0.4, 0.5) is 0 Å². The van der Waals surface area contributed by atoms with Crippen molar-refractivity contribution >= 4 is 5.91 Å². The molecule has 0 saturated carbocycles. The standard InChI is InChI=1S/C14H19NO2/c1-14(2,3)13(17)15-11-8-12(16)10-7-5-4-6-9(10)11/h4-7,11-12,16H,8H2,1-3H3,(H,15,17)/t11?,12-/m0/s1. The molecule has 3 heteroatoms. The van der Waals surface area contributed by atoms with Gasteiger partial charge in [-0.05, 0) is 11.1 Å². The van der Waals surface area contributed by atoms with Crippen molar-refractivity contribution in [2.45, 2.75) is 39.3 Å². The zero-order valence-electron chi connectivity index (χ0n) is 10.5. The first-order valence-electron chi connectivity index (χ1n) is 5.97. The normalized spacial score (nSPS) is 23.3. The number of hydrogen-bond acceptors (Lipinski definition) is 2. The lowest BCUT2D eigenvalue weighted by Gasteiger charge is -2.22. The van der Waals surface area contributed by atoms with Gasteiger partial charge in [0.1, 0.15) is 0 Å². The van der Waals surface area contributed by atoms with E-state index >= 15 is 0 Å². The number of aliphatic hydroxyl groups is 1. The maximum Gasteiger partial charge on any atom is 0.225 e. The van der Waals surface area contributed by atoms with E-state index in [2.05, 4.69) is 5.32 Å². The molecule has 1 amide bonds. The van der Waals surface area contributed by atoms with Crippen LogP contribution in [0.25, 0.3) is 0 Å². The molecule has 0 saturated heterocycles. The summed E-state index contributed by atoms with van der Waals surface area (Å²) in [4.78, 5) is 11.9. The number of hydrogen-bond donors (Lipinski definition) is 2. The molecule has 0 bridgehead atoms. The Morgan fingerprint density at radius 2 is 1.88 bits per heavy atom. The molecule has 0 radical (unpaired) electrons. The van der Waals surface area contributed by atoms with Gasteiger partial charge in [-0.2, -0.15) is 0 Å². The minimum Gasteiger partial charge on any atom is -0.388 e. The summed E-state index contributed by atoms with van der Waals surface area (Å²) in [7, 11) is 0. The Kier molecular flexibility index (Phi) is 2.96. The van der Waals surface area contributed by atoms with E-state index in [9.17, 15) is 9.90 Å². The minimum absolute atomic E-state index is 0.0198. The number of nitrogens with one attached hydrogen (secondary N) is 1. The first kappa shape index (κ1) is 12.1. The third-order valence-electron chi connectivity index (χ3n) is 3.18. The van der Waals surface area contributed by atoms with E-state index < -0.39 is 11.5 Å². The van der Waals surface area contributed by atoms with Crippen molar-refractivity contribution in [3.05, 3.63) is 35.4 Å². The first-order chi connectivity index (χ1) is 7.89. The molecule has 2 atom stereocenters. The molecular weight excluding hydrogens is 214 g/mol. The second kappa shape index (κ2) is 4.15. The van der Waals surface area contributed by atoms with Gasteiger partial charge >= 0.3 is 0 Å². The van der Waals surface area contributed by atoms with Crippen molar-refractivity contribution in [2.75, 3.05) is 0 Å². The van der Waals surface area contributed by atoms with Crippen molar-refractivity contribution in [3.63, 3.8) is 0 Å². The van der Waals surface area contributed by atoms with Crippen LogP contribution in [0.5, 0.6) is 0 Å². The number of benzene rings is 1. The number of carbonyl (C=O) groups is 1. The van der Waals surface area contributed by atoms with Crippen LogP contribution >= 0.6 is 0 Å². The predicted molar refractivity (Wildman–Crippen MR) is 66.4 cm³/mol. The van der Waals surface area contributed by atoms with Gasteiger partial charge in [0.2, 0.25) is 5.91 Å². The number of rotatable bonds is 1. The van der Waals surface area contributed by atoms with Gasteiger partial charge in [0.25, 0.3) is 0 Å². The molecule has 17 heavy (non-hydrogen) atoms. The SMILES string of the molecule is CC(C)(C)C(=O)NC1C[C@H](O)c2ccccc21. The zero-order chi connectivity index (χ0) is 12.6. The molecule has 0 aromatic heterocycles. The Balaban J connectivity index is 2.18. The van der Waals surface area contributed by atoms with Gasteiger partial charge in [-0.15, -0.1) is 0 Å². The molecule has 1 aromatic carbocycles. The highest BCUT2D eigenvalue weighted by Crippen LogP contribution is 2.38. The van der Waals surface area contributed by atoms with Gasteiger partial charge in [-0.3, -0.25) is 4.79 Å². The number of fused-ring (bicyclic) bond motifs is 1. The van der Waals surface area contributed by atoms with Gasteiger partial charge in [0.05, 0.1) is 12.1 Å². The molecular formula is C14H19NO2. The average molecular weight is 233 g/mol. The summed E-state index contributed by atoms with van der Waals surface area (Å²) in [5, 5.41) is 12.9. The van der Waals surface area contributed by atoms with E-state index in [1.165, 1.54) is 0 Å². The van der Waals surface area contributed by atoms with E-state index in [0.29, 0.717) is 6.42 Å². The maximum atomic E-state index is 11.9. The summed E-state index contributed by atoms with van der Waals surface area (Å²) in [5.74, 6) is 0.0198. The van der Waals surface area contributed by atoms with Crippen LogP contribution in [-0.2, 0) is 4.79 Å². The van der Waals surface area contributed by atoms with E-state index in [0.717, 1.165) is 11.1 Å². The lowest BCUT2D eigenvalue weighted by Crippen LogP contribution is -2.36. The summed E-state index contributed by atoms with van der Waals surface area (Å²) in [6, 6.07) is 7.68. The van der Waals surface area contributed by atoms with Crippen molar-refractivity contribution in [3.8, 4) is 0 Å². The van der Waals surface area contributed by atoms with E-state index in [-0.39, 0.29) is 11.9 Å². The van der Waals surface area contributed by atoms with Gasteiger partial charge < -0.3 is 10.4 Å². The monoisotopic (exact) mass is 233 g/mol. The smallest absolute Gasteiger partial charge is 0.225 e. The van der Waals surface area contributed by atoms with Crippen LogP contribution < -0.4 is 5.32 Å². The number of aliphatic hydroxyl groups excluding tert-OH is 1. The van der Waals surface area contributed by atoms with Crippen molar-refractivity contribution in [2.24, 2.45) is 5.41 Å². The van der Waals surface area contributed by atoms with E-state index in [1.54, 1.807) is 0 Å². The molecule has 0 heterocycles. The fourth-order valence-corrected chi connectivity index (χ4v) is 2.12. The summed E-state index contributed by atoms with van der Waals surface area (Å²) in [6.07, 6.45) is 0.109. The molecule has 1 aromatic rings. The van der Waals surface area contributed by atoms with Crippen LogP contribution in [0.1, 0.15) is 50.5 Å². The number of amides is 1.